The molecule has 162 valence electrons. The molecule has 5 nitrogen and oxygen atoms in total. The van der Waals surface area contributed by atoms with Crippen molar-refractivity contribution in [3.63, 3.8) is 0 Å². The van der Waals surface area contributed by atoms with Gasteiger partial charge in [0.1, 0.15) is 0 Å². The number of hydrogen-bond donors (Lipinski definition) is 2. The zero-order valence-corrected chi connectivity index (χ0v) is 21.4. The van der Waals surface area contributed by atoms with E-state index in [0.717, 1.165) is 50.5 Å². The minimum Gasteiger partial charge on any atom is -0.357 e. The summed E-state index contributed by atoms with van der Waals surface area (Å²) < 4.78 is 12.2. The maximum absolute atomic E-state index is 12.2. The van der Waals surface area contributed by atoms with Gasteiger partial charge in [0.15, 0.2) is 5.96 Å². The topological polar surface area (TPSA) is 56.7 Å². The lowest BCUT2D eigenvalue weighted by Gasteiger charge is -2.32. The van der Waals surface area contributed by atoms with Gasteiger partial charge in [0.2, 0.25) is 0 Å². The van der Waals surface area contributed by atoms with Crippen molar-refractivity contribution in [1.29, 1.82) is 0 Å². The fourth-order valence-electron chi connectivity index (χ4n) is 4.02. The summed E-state index contributed by atoms with van der Waals surface area (Å²) in [7, 11) is 3.63. The molecule has 2 N–H and O–H groups in total. The molecule has 1 aliphatic carbocycles. The van der Waals surface area contributed by atoms with Crippen molar-refractivity contribution in [3.8, 4) is 0 Å². The van der Waals surface area contributed by atoms with Crippen molar-refractivity contribution in [3.05, 3.63) is 0 Å². The van der Waals surface area contributed by atoms with E-state index in [0.29, 0.717) is 23.3 Å². The number of hydrogen-bond acceptors (Lipinski definition) is 3. The second-order valence-corrected chi connectivity index (χ2v) is 9.63. The standard InChI is InChI=1S/C20H42N4OS.HI/c1-7-16(8-2)19(24(5)6)15-22-20(21-9-3)23-17-12-11-13-18(14-17)26(25)10-4;/h16-19H,7-15H2,1-6H3,(H2,21,22,23);1H. The van der Waals surface area contributed by atoms with Gasteiger partial charge in [-0.1, -0.05) is 40.0 Å². The molecule has 0 aromatic carbocycles. The fraction of sp³-hybridized carbons (Fsp3) is 0.950. The van der Waals surface area contributed by atoms with Crippen LogP contribution >= 0.6 is 24.0 Å². The van der Waals surface area contributed by atoms with Crippen molar-refractivity contribution in [2.75, 3.05) is 32.9 Å². The van der Waals surface area contributed by atoms with Gasteiger partial charge >= 0.3 is 0 Å². The molecule has 0 aliphatic heterocycles. The van der Waals surface area contributed by atoms with Gasteiger partial charge in [0.05, 0.1) is 6.54 Å². The molecule has 0 amide bonds. The number of halogens is 1. The number of rotatable bonds is 10. The van der Waals surface area contributed by atoms with Gasteiger partial charge in [-0.15, -0.1) is 24.0 Å². The Morgan fingerprint density at radius 1 is 1.19 bits per heavy atom. The first kappa shape index (κ1) is 27.1. The van der Waals surface area contributed by atoms with E-state index in [1.165, 1.54) is 12.8 Å². The zero-order chi connectivity index (χ0) is 19.5. The molecule has 7 heteroatoms. The Bertz CT molecular complexity index is 444. The molecule has 0 aromatic rings. The molecule has 4 atom stereocenters. The molecule has 4 unspecified atom stereocenters. The van der Waals surface area contributed by atoms with Crippen molar-refractivity contribution in [2.45, 2.75) is 83.6 Å². The van der Waals surface area contributed by atoms with Crippen LogP contribution in [-0.4, -0.2) is 65.3 Å². The predicted octanol–water partition coefficient (Wildman–Crippen LogP) is 3.61. The highest BCUT2D eigenvalue weighted by molar-refractivity contribution is 14.0. The molecule has 0 radical (unpaired) electrons. The van der Waals surface area contributed by atoms with Crippen LogP contribution in [0, 0.1) is 5.92 Å². The zero-order valence-electron chi connectivity index (χ0n) is 18.3. The Labute approximate surface area is 187 Å². The lowest BCUT2D eigenvalue weighted by molar-refractivity contribution is 0.206. The normalized spacial score (nSPS) is 23.0. The van der Waals surface area contributed by atoms with Crippen molar-refractivity contribution in [2.24, 2.45) is 10.9 Å². The maximum atomic E-state index is 12.2. The molecular weight excluding hydrogens is 471 g/mol. The van der Waals surface area contributed by atoms with Gasteiger partial charge in [-0.25, -0.2) is 0 Å². The van der Waals surface area contributed by atoms with Gasteiger partial charge in [-0.2, -0.15) is 0 Å². The van der Waals surface area contributed by atoms with Crippen LogP contribution in [0.15, 0.2) is 4.99 Å². The average molecular weight is 515 g/mol. The third-order valence-electron chi connectivity index (χ3n) is 5.66. The van der Waals surface area contributed by atoms with Gasteiger partial charge in [0.25, 0.3) is 0 Å². The number of likely N-dealkylation sites (N-methyl/N-ethyl adjacent to an activating group) is 1. The van der Waals surface area contributed by atoms with Crippen LogP contribution in [0.3, 0.4) is 0 Å². The number of nitrogens with one attached hydrogen (secondary N) is 2. The van der Waals surface area contributed by atoms with Gasteiger partial charge < -0.3 is 15.5 Å². The quantitative estimate of drug-likeness (QED) is 0.266. The molecular formula is C20H43IN4OS. The van der Waals surface area contributed by atoms with Gasteiger partial charge in [0, 0.05) is 40.4 Å². The summed E-state index contributed by atoms with van der Waals surface area (Å²) in [5.74, 6) is 2.35. The SMILES string of the molecule is CCNC(=NCC(C(CC)CC)N(C)C)NC1CCCC(S(=O)CC)C1.I. The van der Waals surface area contributed by atoms with E-state index in [2.05, 4.69) is 50.4 Å². The van der Waals surface area contributed by atoms with E-state index in [-0.39, 0.29) is 24.0 Å². The highest BCUT2D eigenvalue weighted by Crippen LogP contribution is 2.23. The highest BCUT2D eigenvalue weighted by Gasteiger charge is 2.26. The molecule has 0 bridgehead atoms. The van der Waals surface area contributed by atoms with E-state index in [4.69, 9.17) is 4.99 Å². The van der Waals surface area contributed by atoms with Crippen LogP contribution < -0.4 is 10.6 Å². The molecule has 0 saturated heterocycles. The van der Waals surface area contributed by atoms with E-state index >= 15 is 0 Å². The first-order chi connectivity index (χ1) is 12.5. The van der Waals surface area contributed by atoms with Crippen molar-refractivity contribution >= 4 is 40.7 Å². The summed E-state index contributed by atoms with van der Waals surface area (Å²) in [6, 6.07) is 0.847. The molecule has 1 saturated carbocycles. The fourth-order valence-corrected chi connectivity index (χ4v) is 5.36. The minimum atomic E-state index is -0.686. The second kappa shape index (κ2) is 15.0. The largest absolute Gasteiger partial charge is 0.357 e. The maximum Gasteiger partial charge on any atom is 0.191 e. The highest BCUT2D eigenvalue weighted by atomic mass is 127. The number of guanidine groups is 1. The molecule has 1 fully saturated rings. The molecule has 0 spiro atoms. The number of nitrogens with zero attached hydrogens (tertiary/aromatic N) is 2. The van der Waals surface area contributed by atoms with Crippen molar-refractivity contribution < 1.29 is 4.21 Å². The van der Waals surface area contributed by atoms with Crippen LogP contribution in [0.4, 0.5) is 0 Å². The van der Waals surface area contributed by atoms with Crippen LogP contribution in [0.25, 0.3) is 0 Å². The third-order valence-corrected chi connectivity index (χ3v) is 7.40. The van der Waals surface area contributed by atoms with Crippen LogP contribution in [-0.2, 0) is 10.8 Å². The molecule has 0 heterocycles. The molecule has 27 heavy (non-hydrogen) atoms. The Balaban J connectivity index is 0.00000676. The smallest absolute Gasteiger partial charge is 0.191 e. The summed E-state index contributed by atoms with van der Waals surface area (Å²) >= 11 is 0. The molecule has 1 rings (SSSR count). The Hall–Kier alpha value is 0.110. The Morgan fingerprint density at radius 2 is 1.85 bits per heavy atom. The van der Waals surface area contributed by atoms with Gasteiger partial charge in [-0.05, 0) is 46.2 Å². The number of aliphatic imine (C=N–C) groups is 1. The first-order valence-electron chi connectivity index (χ1n) is 10.5. The van der Waals surface area contributed by atoms with E-state index in [1.54, 1.807) is 0 Å². The Kier molecular flexibility index (Phi) is 15.1. The second-order valence-electron chi connectivity index (χ2n) is 7.63. The predicted molar refractivity (Wildman–Crippen MR) is 131 cm³/mol. The van der Waals surface area contributed by atoms with Crippen LogP contribution in [0.1, 0.15) is 66.2 Å². The van der Waals surface area contributed by atoms with E-state index in [9.17, 15) is 4.21 Å². The summed E-state index contributed by atoms with van der Waals surface area (Å²) in [5, 5.41) is 7.36. The first-order valence-corrected chi connectivity index (χ1v) is 11.9. The monoisotopic (exact) mass is 514 g/mol. The van der Waals surface area contributed by atoms with E-state index in [1.807, 2.05) is 6.92 Å². The summed E-state index contributed by atoms with van der Waals surface area (Å²) in [6.45, 7) is 10.4. The van der Waals surface area contributed by atoms with Crippen molar-refractivity contribution in [1.82, 2.24) is 15.5 Å². The molecule has 0 aromatic heterocycles. The van der Waals surface area contributed by atoms with E-state index < -0.39 is 10.8 Å². The van der Waals surface area contributed by atoms with Crippen LogP contribution in [0.5, 0.6) is 0 Å². The third kappa shape index (κ3) is 9.43. The lowest BCUT2D eigenvalue weighted by Crippen LogP contribution is -2.47. The molecule has 1 aliphatic rings. The summed E-state index contributed by atoms with van der Waals surface area (Å²) in [5.41, 5.74) is 0. The van der Waals surface area contributed by atoms with Gasteiger partial charge in [-0.3, -0.25) is 9.20 Å². The lowest BCUT2D eigenvalue weighted by atomic mass is 9.93. The average Bonchev–Trinajstić information content (AvgIpc) is 2.64. The Morgan fingerprint density at radius 3 is 2.37 bits per heavy atom. The summed E-state index contributed by atoms with van der Waals surface area (Å²) in [6.07, 6.45) is 6.77. The minimum absolute atomic E-state index is 0. The summed E-state index contributed by atoms with van der Waals surface area (Å²) in [4.78, 5) is 7.22. The van der Waals surface area contributed by atoms with Crippen LogP contribution in [0.2, 0.25) is 0 Å².